The minimum atomic E-state index is -0.519. The third-order valence-corrected chi connectivity index (χ3v) is 2.45. The first kappa shape index (κ1) is 13.1. The number of amides is 1. The van der Waals surface area contributed by atoms with Gasteiger partial charge in [0.15, 0.2) is 0 Å². The zero-order valence-corrected chi connectivity index (χ0v) is 9.08. The highest BCUT2D eigenvalue weighted by Gasteiger charge is 2.19. The molecule has 0 aliphatic heterocycles. The van der Waals surface area contributed by atoms with Crippen molar-refractivity contribution in [2.75, 3.05) is 0 Å². The van der Waals surface area contributed by atoms with Crippen LogP contribution in [0.4, 0.5) is 0 Å². The van der Waals surface area contributed by atoms with Gasteiger partial charge < -0.3 is 4.79 Å². The van der Waals surface area contributed by atoms with Crippen LogP contribution in [0.15, 0.2) is 0 Å². The van der Waals surface area contributed by atoms with E-state index in [4.69, 9.17) is 5.73 Å². The molecule has 0 aromatic heterocycles. The molecule has 0 bridgehead atoms. The van der Waals surface area contributed by atoms with Crippen LogP contribution >= 0.6 is 0 Å². The number of aldehydes is 1. The van der Waals surface area contributed by atoms with E-state index in [9.17, 15) is 9.59 Å². The largest absolute Gasteiger partial charge is 0.303 e. The topological polar surface area (TPSA) is 57.9 Å². The second-order valence-electron chi connectivity index (χ2n) is 3.77. The van der Waals surface area contributed by atoms with Crippen LogP contribution < -0.4 is 5.73 Å². The van der Waals surface area contributed by atoms with Gasteiger partial charge in [-0.05, 0) is 19.3 Å². The van der Waals surface area contributed by atoms with Crippen molar-refractivity contribution in [3.05, 3.63) is 0 Å². The fraction of sp³-hybridized carbons (Fsp3) is 0.818. The molecule has 1 radical (unpaired) electrons. The average Bonchev–Trinajstić information content (AvgIpc) is 2.15. The second kappa shape index (κ2) is 7.54. The molecule has 3 heteroatoms. The van der Waals surface area contributed by atoms with Gasteiger partial charge in [-0.2, -0.15) is 0 Å². The van der Waals surface area contributed by atoms with Crippen molar-refractivity contribution in [2.45, 2.75) is 46.0 Å². The molecule has 0 fully saturated rings. The summed E-state index contributed by atoms with van der Waals surface area (Å²) in [7, 11) is 0. The predicted molar refractivity (Wildman–Crippen MR) is 55.6 cm³/mol. The highest BCUT2D eigenvalue weighted by molar-refractivity contribution is 5.76. The molecule has 0 heterocycles. The van der Waals surface area contributed by atoms with Crippen molar-refractivity contribution >= 4 is 12.2 Å². The number of hydrogen-bond donors (Lipinski definition) is 0. The molecular weight excluding hydrogens is 178 g/mol. The molecule has 0 spiro atoms. The molecule has 81 valence electrons. The lowest BCUT2D eigenvalue weighted by Gasteiger charge is -2.15. The lowest BCUT2D eigenvalue weighted by atomic mass is 9.89. The van der Waals surface area contributed by atoms with E-state index in [1.54, 1.807) is 0 Å². The van der Waals surface area contributed by atoms with Crippen molar-refractivity contribution in [1.29, 1.82) is 0 Å². The van der Waals surface area contributed by atoms with E-state index in [0.717, 1.165) is 32.0 Å². The Bertz CT molecular complexity index is 180. The van der Waals surface area contributed by atoms with Crippen LogP contribution in [0.25, 0.3) is 0 Å². The maximum absolute atomic E-state index is 10.9. The average molecular weight is 198 g/mol. The summed E-state index contributed by atoms with van der Waals surface area (Å²) in [6.07, 6.45) is 4.90. The Morgan fingerprint density at radius 2 is 1.86 bits per heavy atom. The van der Waals surface area contributed by atoms with Gasteiger partial charge in [-0.15, -0.1) is 0 Å². The predicted octanol–water partition coefficient (Wildman–Crippen LogP) is 2.22. The zero-order chi connectivity index (χ0) is 11.0. The summed E-state index contributed by atoms with van der Waals surface area (Å²) in [4.78, 5) is 21.6. The van der Waals surface area contributed by atoms with E-state index < -0.39 is 5.91 Å². The summed E-state index contributed by atoms with van der Waals surface area (Å²) in [5.74, 6) is -0.789. The summed E-state index contributed by atoms with van der Waals surface area (Å²) in [5.41, 5.74) is 7.08. The second-order valence-corrected chi connectivity index (χ2v) is 3.77. The van der Waals surface area contributed by atoms with E-state index in [-0.39, 0.29) is 11.8 Å². The van der Waals surface area contributed by atoms with Crippen molar-refractivity contribution in [2.24, 2.45) is 11.8 Å². The third-order valence-electron chi connectivity index (χ3n) is 2.45. The van der Waals surface area contributed by atoms with Gasteiger partial charge in [-0.25, -0.2) is 0 Å². The van der Waals surface area contributed by atoms with E-state index in [0.29, 0.717) is 6.42 Å². The Balaban J connectivity index is 4.10. The van der Waals surface area contributed by atoms with E-state index in [2.05, 4.69) is 0 Å². The normalized spacial score (nSPS) is 14.7. The van der Waals surface area contributed by atoms with Crippen LogP contribution in [0.1, 0.15) is 46.0 Å². The summed E-state index contributed by atoms with van der Waals surface area (Å²) < 4.78 is 0. The van der Waals surface area contributed by atoms with Crippen LogP contribution in [0, 0.1) is 11.8 Å². The smallest absolute Gasteiger partial charge is 0.241 e. The zero-order valence-electron chi connectivity index (χ0n) is 9.08. The molecule has 0 saturated heterocycles. The van der Waals surface area contributed by atoms with Gasteiger partial charge in [0.2, 0.25) is 5.91 Å². The Kier molecular flexibility index (Phi) is 7.07. The highest BCUT2D eigenvalue weighted by atomic mass is 16.1. The van der Waals surface area contributed by atoms with Crippen LogP contribution in [0.5, 0.6) is 0 Å². The molecule has 2 unspecified atom stereocenters. The van der Waals surface area contributed by atoms with E-state index in [1.807, 2.05) is 13.8 Å². The van der Waals surface area contributed by atoms with Crippen LogP contribution in [-0.4, -0.2) is 12.2 Å². The molecular formula is C11H20NO2. The SMILES string of the molecule is CCCC(C=O)CC(CCC)C([NH])=O. The molecule has 3 nitrogen and oxygen atoms in total. The molecule has 1 amide bonds. The van der Waals surface area contributed by atoms with Crippen molar-refractivity contribution in [1.82, 2.24) is 5.73 Å². The number of carbonyl (C=O) groups is 2. The summed E-state index contributed by atoms with van der Waals surface area (Å²) >= 11 is 0. The van der Waals surface area contributed by atoms with Gasteiger partial charge in [0.05, 0.1) is 0 Å². The Morgan fingerprint density at radius 3 is 2.21 bits per heavy atom. The first-order chi connectivity index (χ1) is 6.65. The third kappa shape index (κ3) is 5.00. The van der Waals surface area contributed by atoms with Crippen LogP contribution in [-0.2, 0) is 9.59 Å². The molecule has 0 aliphatic carbocycles. The van der Waals surface area contributed by atoms with Gasteiger partial charge in [0.1, 0.15) is 6.29 Å². The summed E-state index contributed by atoms with van der Waals surface area (Å²) in [6, 6.07) is 0. The minimum Gasteiger partial charge on any atom is -0.303 e. The molecule has 0 aliphatic rings. The van der Waals surface area contributed by atoms with Crippen LogP contribution in [0.2, 0.25) is 0 Å². The van der Waals surface area contributed by atoms with Gasteiger partial charge >= 0.3 is 0 Å². The van der Waals surface area contributed by atoms with E-state index >= 15 is 0 Å². The first-order valence-corrected chi connectivity index (χ1v) is 5.36. The molecule has 0 aromatic rings. The van der Waals surface area contributed by atoms with Crippen molar-refractivity contribution < 1.29 is 9.59 Å². The van der Waals surface area contributed by atoms with Crippen LogP contribution in [0.3, 0.4) is 0 Å². The van der Waals surface area contributed by atoms with Gasteiger partial charge in [-0.1, -0.05) is 26.7 Å². The summed E-state index contributed by atoms with van der Waals surface area (Å²) in [6.45, 7) is 4.01. The van der Waals surface area contributed by atoms with Crippen molar-refractivity contribution in [3.63, 3.8) is 0 Å². The number of carbonyl (C=O) groups excluding carboxylic acids is 2. The molecule has 0 rings (SSSR count). The standard InChI is InChI=1S/C11H20NO2/c1-3-5-9(8-13)7-10(6-4-2)11(12)14/h8-10,12H,3-7H2,1-2H3. The fourth-order valence-corrected chi connectivity index (χ4v) is 1.68. The maximum Gasteiger partial charge on any atom is 0.241 e. The first-order valence-electron chi connectivity index (χ1n) is 5.36. The quantitative estimate of drug-likeness (QED) is 0.561. The molecule has 0 aromatic carbocycles. The molecule has 1 N–H and O–H groups in total. The maximum atomic E-state index is 10.9. The number of hydrogen-bond acceptors (Lipinski definition) is 2. The lowest BCUT2D eigenvalue weighted by molar-refractivity contribution is -0.123. The highest BCUT2D eigenvalue weighted by Crippen LogP contribution is 2.19. The molecule has 0 saturated carbocycles. The monoisotopic (exact) mass is 198 g/mol. The number of rotatable bonds is 8. The molecule has 14 heavy (non-hydrogen) atoms. The van der Waals surface area contributed by atoms with Gasteiger partial charge in [0, 0.05) is 11.8 Å². The molecule has 2 atom stereocenters. The Morgan fingerprint density at radius 1 is 1.29 bits per heavy atom. The fourth-order valence-electron chi connectivity index (χ4n) is 1.68. The lowest BCUT2D eigenvalue weighted by Crippen LogP contribution is -2.19. The van der Waals surface area contributed by atoms with E-state index in [1.165, 1.54) is 0 Å². The van der Waals surface area contributed by atoms with Gasteiger partial charge in [-0.3, -0.25) is 10.5 Å². The number of nitrogens with one attached hydrogen (secondary N) is 1. The Labute approximate surface area is 86.1 Å². The summed E-state index contributed by atoms with van der Waals surface area (Å²) in [5, 5.41) is 0. The minimum absolute atomic E-state index is 0.0363. The van der Waals surface area contributed by atoms with Crippen molar-refractivity contribution in [3.8, 4) is 0 Å². The Hall–Kier alpha value is -0.860. The van der Waals surface area contributed by atoms with Gasteiger partial charge in [0.25, 0.3) is 0 Å².